The molecule has 1 heterocycles. The number of aliphatic hydroxyl groups is 1. The maximum atomic E-state index is 10.1. The lowest BCUT2D eigenvalue weighted by Crippen LogP contribution is -2.25. The van der Waals surface area contributed by atoms with Crippen LogP contribution in [0.15, 0.2) is 24.3 Å². The fourth-order valence-electron chi connectivity index (χ4n) is 2.78. The van der Waals surface area contributed by atoms with E-state index < -0.39 is 0 Å². The Labute approximate surface area is 111 Å². The molecule has 2 nitrogen and oxygen atoms in total. The third-order valence-corrected chi connectivity index (χ3v) is 4.04. The summed E-state index contributed by atoms with van der Waals surface area (Å²) in [6.45, 7) is 6.62. The van der Waals surface area contributed by atoms with Crippen molar-refractivity contribution >= 4 is 5.69 Å². The molecule has 1 aromatic carbocycles. The Morgan fingerprint density at radius 2 is 2.06 bits per heavy atom. The molecular weight excluding hydrogens is 222 g/mol. The highest BCUT2D eigenvalue weighted by Gasteiger charge is 2.18. The Bertz CT molecular complexity index is 377. The molecule has 1 saturated heterocycles. The van der Waals surface area contributed by atoms with Crippen LogP contribution in [0.2, 0.25) is 0 Å². The lowest BCUT2D eigenvalue weighted by Gasteiger charge is -2.27. The molecule has 0 amide bonds. The second-order valence-corrected chi connectivity index (χ2v) is 5.51. The van der Waals surface area contributed by atoms with Gasteiger partial charge in [0.1, 0.15) is 0 Å². The van der Waals surface area contributed by atoms with Crippen molar-refractivity contribution < 1.29 is 5.11 Å². The molecule has 1 N–H and O–H groups in total. The number of para-hydroxylation sites is 1. The van der Waals surface area contributed by atoms with E-state index in [1.165, 1.54) is 24.9 Å². The highest BCUT2D eigenvalue weighted by molar-refractivity contribution is 5.54. The van der Waals surface area contributed by atoms with E-state index in [-0.39, 0.29) is 6.10 Å². The summed E-state index contributed by atoms with van der Waals surface area (Å²) in [6, 6.07) is 8.33. The van der Waals surface area contributed by atoms with Gasteiger partial charge in [-0.15, -0.1) is 0 Å². The molecule has 1 aliphatic heterocycles. The molecular formula is C16H25NO. The molecule has 2 atom stereocenters. The first-order valence-electron chi connectivity index (χ1n) is 7.24. The summed E-state index contributed by atoms with van der Waals surface area (Å²) in [5, 5.41) is 10.1. The third kappa shape index (κ3) is 3.05. The molecule has 0 aromatic heterocycles. The Morgan fingerprint density at radius 1 is 1.28 bits per heavy atom. The molecule has 1 aliphatic rings. The van der Waals surface area contributed by atoms with Crippen LogP contribution < -0.4 is 4.90 Å². The monoisotopic (exact) mass is 247 g/mol. The van der Waals surface area contributed by atoms with Crippen molar-refractivity contribution in [3.05, 3.63) is 29.8 Å². The van der Waals surface area contributed by atoms with E-state index >= 15 is 0 Å². The second-order valence-electron chi connectivity index (χ2n) is 5.51. The summed E-state index contributed by atoms with van der Waals surface area (Å²) in [5.41, 5.74) is 2.33. The number of benzene rings is 1. The van der Waals surface area contributed by atoms with Gasteiger partial charge >= 0.3 is 0 Å². The van der Waals surface area contributed by atoms with Crippen LogP contribution in [0, 0.1) is 5.92 Å². The zero-order valence-corrected chi connectivity index (χ0v) is 11.6. The van der Waals surface area contributed by atoms with Gasteiger partial charge in [0.25, 0.3) is 0 Å². The minimum absolute atomic E-state index is 0.332. The normalized spacial score (nSPS) is 22.6. The highest BCUT2D eigenvalue weighted by Crippen LogP contribution is 2.30. The minimum Gasteiger partial charge on any atom is -0.388 e. The van der Waals surface area contributed by atoms with Crippen molar-refractivity contribution in [3.63, 3.8) is 0 Å². The van der Waals surface area contributed by atoms with Gasteiger partial charge in [-0.25, -0.2) is 0 Å². The standard InChI is InChI=1S/C16H25NO/c1-3-16(18)14-8-4-5-9-15(14)17-11-6-7-13(2)10-12-17/h4-5,8-9,13,16,18H,3,6-7,10-12H2,1-2H3/t13?,16-/m0/s1. The van der Waals surface area contributed by atoms with Crippen LogP contribution in [0.1, 0.15) is 51.2 Å². The quantitative estimate of drug-likeness (QED) is 0.879. The zero-order chi connectivity index (χ0) is 13.0. The maximum absolute atomic E-state index is 10.1. The van der Waals surface area contributed by atoms with Crippen LogP contribution in [-0.4, -0.2) is 18.2 Å². The van der Waals surface area contributed by atoms with Gasteiger partial charge in [-0.3, -0.25) is 0 Å². The molecule has 100 valence electrons. The van der Waals surface area contributed by atoms with E-state index in [9.17, 15) is 5.11 Å². The minimum atomic E-state index is -0.332. The highest BCUT2D eigenvalue weighted by atomic mass is 16.3. The van der Waals surface area contributed by atoms with Crippen LogP contribution in [-0.2, 0) is 0 Å². The molecule has 2 heteroatoms. The van der Waals surface area contributed by atoms with Gasteiger partial charge in [-0.1, -0.05) is 32.0 Å². The first kappa shape index (κ1) is 13.4. The van der Waals surface area contributed by atoms with Crippen molar-refractivity contribution in [2.45, 2.75) is 45.6 Å². The molecule has 0 radical (unpaired) electrons. The van der Waals surface area contributed by atoms with E-state index in [0.717, 1.165) is 31.0 Å². The lowest BCUT2D eigenvalue weighted by atomic mass is 10.0. The van der Waals surface area contributed by atoms with Crippen molar-refractivity contribution in [1.82, 2.24) is 0 Å². The average Bonchev–Trinajstić information content (AvgIpc) is 2.62. The van der Waals surface area contributed by atoms with Crippen molar-refractivity contribution in [2.75, 3.05) is 18.0 Å². The molecule has 1 fully saturated rings. The van der Waals surface area contributed by atoms with Gasteiger partial charge in [-0.2, -0.15) is 0 Å². The summed E-state index contributed by atoms with van der Waals surface area (Å²) in [6.07, 6.45) is 4.30. The van der Waals surface area contributed by atoms with Crippen molar-refractivity contribution in [3.8, 4) is 0 Å². The number of hydrogen-bond acceptors (Lipinski definition) is 2. The van der Waals surface area contributed by atoms with Crippen LogP contribution in [0.5, 0.6) is 0 Å². The zero-order valence-electron chi connectivity index (χ0n) is 11.6. The van der Waals surface area contributed by atoms with Gasteiger partial charge in [0.2, 0.25) is 0 Å². The van der Waals surface area contributed by atoms with E-state index in [0.29, 0.717) is 0 Å². The number of rotatable bonds is 3. The Hall–Kier alpha value is -1.02. The summed E-state index contributed by atoms with van der Waals surface area (Å²) in [4.78, 5) is 2.46. The first-order chi connectivity index (χ1) is 8.72. The topological polar surface area (TPSA) is 23.5 Å². The second kappa shape index (κ2) is 6.24. The fourth-order valence-corrected chi connectivity index (χ4v) is 2.78. The molecule has 1 aromatic rings. The number of anilines is 1. The van der Waals surface area contributed by atoms with Gasteiger partial charge < -0.3 is 10.0 Å². The molecule has 2 rings (SSSR count). The van der Waals surface area contributed by atoms with Crippen LogP contribution in [0.3, 0.4) is 0 Å². The average molecular weight is 247 g/mol. The van der Waals surface area contributed by atoms with E-state index in [1.807, 2.05) is 13.0 Å². The summed E-state index contributed by atoms with van der Waals surface area (Å²) in [7, 11) is 0. The van der Waals surface area contributed by atoms with E-state index in [2.05, 4.69) is 30.0 Å². The molecule has 0 saturated carbocycles. The van der Waals surface area contributed by atoms with Crippen molar-refractivity contribution in [2.24, 2.45) is 5.92 Å². The van der Waals surface area contributed by atoms with Gasteiger partial charge in [0.05, 0.1) is 6.10 Å². The Kier molecular flexibility index (Phi) is 4.65. The largest absolute Gasteiger partial charge is 0.388 e. The smallest absolute Gasteiger partial charge is 0.0807 e. The molecule has 0 bridgehead atoms. The van der Waals surface area contributed by atoms with Crippen molar-refractivity contribution in [1.29, 1.82) is 0 Å². The predicted octanol–water partition coefficient (Wildman–Crippen LogP) is 3.76. The van der Waals surface area contributed by atoms with Gasteiger partial charge in [-0.05, 0) is 37.7 Å². The van der Waals surface area contributed by atoms with E-state index in [4.69, 9.17) is 0 Å². The molecule has 0 aliphatic carbocycles. The number of aliphatic hydroxyl groups excluding tert-OH is 1. The van der Waals surface area contributed by atoms with Gasteiger partial charge in [0.15, 0.2) is 0 Å². The Balaban J connectivity index is 2.21. The summed E-state index contributed by atoms with van der Waals surface area (Å²) in [5.74, 6) is 0.832. The van der Waals surface area contributed by atoms with Crippen LogP contribution in [0.4, 0.5) is 5.69 Å². The molecule has 0 spiro atoms. The van der Waals surface area contributed by atoms with E-state index in [1.54, 1.807) is 0 Å². The SMILES string of the molecule is CC[C@H](O)c1ccccc1N1CCCC(C)CC1. The number of nitrogens with zero attached hydrogens (tertiary/aromatic N) is 1. The maximum Gasteiger partial charge on any atom is 0.0807 e. The first-order valence-corrected chi connectivity index (χ1v) is 7.24. The molecule has 18 heavy (non-hydrogen) atoms. The van der Waals surface area contributed by atoms with Gasteiger partial charge in [0, 0.05) is 24.3 Å². The fraction of sp³-hybridized carbons (Fsp3) is 0.625. The van der Waals surface area contributed by atoms with Crippen LogP contribution in [0.25, 0.3) is 0 Å². The number of hydrogen-bond donors (Lipinski definition) is 1. The third-order valence-electron chi connectivity index (χ3n) is 4.04. The summed E-state index contributed by atoms with van der Waals surface area (Å²) >= 11 is 0. The summed E-state index contributed by atoms with van der Waals surface area (Å²) < 4.78 is 0. The lowest BCUT2D eigenvalue weighted by molar-refractivity contribution is 0.174. The molecule has 1 unspecified atom stereocenters. The Morgan fingerprint density at radius 3 is 2.83 bits per heavy atom. The predicted molar refractivity (Wildman–Crippen MR) is 76.9 cm³/mol. The van der Waals surface area contributed by atoms with Crippen LogP contribution >= 0.6 is 0 Å².